The molecule has 1 aromatic heterocycles. The van der Waals surface area contributed by atoms with Crippen molar-refractivity contribution < 1.29 is 13.9 Å². The number of amides is 1. The molecule has 1 heterocycles. The number of benzene rings is 1. The second kappa shape index (κ2) is 6.65. The van der Waals surface area contributed by atoms with Crippen LogP contribution in [0.3, 0.4) is 0 Å². The number of nitrogens with zero attached hydrogens (tertiary/aromatic N) is 1. The molecule has 0 fully saturated rings. The summed E-state index contributed by atoms with van der Waals surface area (Å²) in [6, 6.07) is 7.48. The van der Waals surface area contributed by atoms with Crippen LogP contribution in [0.1, 0.15) is 5.56 Å². The maximum atomic E-state index is 12.8. The van der Waals surface area contributed by atoms with E-state index in [1.54, 1.807) is 17.4 Å². The van der Waals surface area contributed by atoms with Crippen LogP contribution in [0.15, 0.2) is 46.2 Å². The zero-order valence-corrected chi connectivity index (χ0v) is 10.7. The van der Waals surface area contributed by atoms with Crippen molar-refractivity contribution in [1.82, 2.24) is 5.43 Å². The molecule has 1 aromatic carbocycles. The Kier molecular flexibility index (Phi) is 4.63. The fraction of sp³-hybridized carbons (Fsp3) is 0.0769. The number of halogens is 1. The Labute approximate surface area is 113 Å². The summed E-state index contributed by atoms with van der Waals surface area (Å²) in [5.74, 6) is -0.513. The Hall–Kier alpha value is -2.21. The van der Waals surface area contributed by atoms with Gasteiger partial charge in [-0.15, -0.1) is 0 Å². The van der Waals surface area contributed by atoms with Crippen molar-refractivity contribution in [3.05, 3.63) is 52.5 Å². The number of thiophene rings is 1. The molecule has 0 aliphatic heterocycles. The van der Waals surface area contributed by atoms with Crippen LogP contribution in [-0.2, 0) is 4.79 Å². The lowest BCUT2D eigenvalue weighted by atomic mass is 10.3. The predicted molar refractivity (Wildman–Crippen MR) is 72.0 cm³/mol. The summed E-state index contributed by atoms with van der Waals surface area (Å²) in [7, 11) is 0. The van der Waals surface area contributed by atoms with E-state index in [0.29, 0.717) is 5.75 Å². The molecule has 0 unspecified atom stereocenters. The van der Waals surface area contributed by atoms with Gasteiger partial charge in [0.25, 0.3) is 5.91 Å². The smallest absolute Gasteiger partial charge is 0.277 e. The summed E-state index contributed by atoms with van der Waals surface area (Å²) in [4.78, 5) is 11.4. The summed E-state index contributed by atoms with van der Waals surface area (Å²) in [6.07, 6.45) is 1.54. The minimum atomic E-state index is -0.409. The Balaban J connectivity index is 1.76. The average Bonchev–Trinajstić information content (AvgIpc) is 2.90. The van der Waals surface area contributed by atoms with Crippen molar-refractivity contribution in [2.45, 2.75) is 0 Å². The van der Waals surface area contributed by atoms with Gasteiger partial charge in [0, 0.05) is 11.6 Å². The normalized spacial score (nSPS) is 10.6. The third-order valence-electron chi connectivity index (χ3n) is 2.11. The van der Waals surface area contributed by atoms with Gasteiger partial charge < -0.3 is 4.74 Å². The van der Waals surface area contributed by atoms with Crippen molar-refractivity contribution in [2.24, 2.45) is 5.10 Å². The van der Waals surface area contributed by atoms with Crippen molar-refractivity contribution in [1.29, 1.82) is 0 Å². The van der Waals surface area contributed by atoms with Crippen molar-refractivity contribution in [3.8, 4) is 5.75 Å². The van der Waals surface area contributed by atoms with E-state index in [4.69, 9.17) is 4.74 Å². The number of carbonyl (C=O) groups excluding carboxylic acids is 1. The van der Waals surface area contributed by atoms with Gasteiger partial charge in [0.1, 0.15) is 11.6 Å². The van der Waals surface area contributed by atoms with Gasteiger partial charge in [-0.3, -0.25) is 4.79 Å². The van der Waals surface area contributed by atoms with Gasteiger partial charge >= 0.3 is 0 Å². The minimum absolute atomic E-state index is 0.218. The van der Waals surface area contributed by atoms with Crippen molar-refractivity contribution >= 4 is 23.5 Å². The molecule has 2 aromatic rings. The third-order valence-corrected chi connectivity index (χ3v) is 2.81. The van der Waals surface area contributed by atoms with Crippen LogP contribution in [0.2, 0.25) is 0 Å². The Morgan fingerprint density at radius 3 is 3.11 bits per heavy atom. The first-order valence-corrected chi connectivity index (χ1v) is 6.41. The highest BCUT2D eigenvalue weighted by atomic mass is 32.1. The van der Waals surface area contributed by atoms with Crippen LogP contribution in [0, 0.1) is 5.82 Å². The summed E-state index contributed by atoms with van der Waals surface area (Å²) < 4.78 is 18.0. The highest BCUT2D eigenvalue weighted by Crippen LogP contribution is 2.11. The number of ether oxygens (including phenoxy) is 1. The number of hydrogen-bond acceptors (Lipinski definition) is 4. The molecule has 98 valence electrons. The van der Waals surface area contributed by atoms with E-state index in [1.807, 2.05) is 16.8 Å². The predicted octanol–water partition coefficient (Wildman–Crippen LogP) is 2.42. The first-order chi connectivity index (χ1) is 9.24. The Morgan fingerprint density at radius 2 is 2.37 bits per heavy atom. The molecular formula is C13H11FN2O2S. The number of hydrazone groups is 1. The summed E-state index contributed by atoms with van der Waals surface area (Å²) in [5.41, 5.74) is 3.24. The lowest BCUT2D eigenvalue weighted by molar-refractivity contribution is -0.123. The van der Waals surface area contributed by atoms with E-state index in [-0.39, 0.29) is 6.61 Å². The molecule has 0 atom stereocenters. The van der Waals surface area contributed by atoms with Gasteiger partial charge in [-0.1, -0.05) is 6.07 Å². The van der Waals surface area contributed by atoms with E-state index in [9.17, 15) is 9.18 Å². The van der Waals surface area contributed by atoms with Crippen molar-refractivity contribution in [3.63, 3.8) is 0 Å². The topological polar surface area (TPSA) is 50.7 Å². The Morgan fingerprint density at radius 1 is 1.47 bits per heavy atom. The van der Waals surface area contributed by atoms with Crippen LogP contribution >= 0.6 is 11.3 Å². The molecule has 0 saturated carbocycles. The second-order valence-electron chi connectivity index (χ2n) is 3.60. The second-order valence-corrected chi connectivity index (χ2v) is 4.38. The molecule has 0 spiro atoms. The van der Waals surface area contributed by atoms with Gasteiger partial charge in [0.2, 0.25) is 0 Å². The van der Waals surface area contributed by atoms with Crippen LogP contribution < -0.4 is 10.2 Å². The van der Waals surface area contributed by atoms with E-state index < -0.39 is 11.7 Å². The van der Waals surface area contributed by atoms with Gasteiger partial charge in [-0.2, -0.15) is 16.4 Å². The van der Waals surface area contributed by atoms with Gasteiger partial charge in [0.05, 0.1) is 6.21 Å². The van der Waals surface area contributed by atoms with Crippen molar-refractivity contribution in [2.75, 3.05) is 6.61 Å². The number of hydrogen-bond donors (Lipinski definition) is 1. The molecule has 0 saturated heterocycles. The van der Waals surface area contributed by atoms with E-state index in [1.165, 1.54) is 24.4 Å². The maximum Gasteiger partial charge on any atom is 0.277 e. The summed E-state index contributed by atoms with van der Waals surface area (Å²) >= 11 is 1.54. The van der Waals surface area contributed by atoms with Gasteiger partial charge in [-0.25, -0.2) is 9.82 Å². The number of nitrogens with one attached hydrogen (secondary N) is 1. The van der Waals surface area contributed by atoms with Gasteiger partial charge in [0.15, 0.2) is 6.61 Å². The molecule has 0 aliphatic rings. The molecule has 2 rings (SSSR count). The molecule has 1 N–H and O–H groups in total. The zero-order valence-electron chi connectivity index (χ0n) is 9.88. The number of carbonyl (C=O) groups is 1. The van der Waals surface area contributed by atoms with Gasteiger partial charge in [-0.05, 0) is 29.0 Å². The quantitative estimate of drug-likeness (QED) is 0.674. The maximum absolute atomic E-state index is 12.8. The molecule has 4 nitrogen and oxygen atoms in total. The van der Waals surface area contributed by atoms with Crippen LogP contribution in [0.5, 0.6) is 5.75 Å². The largest absolute Gasteiger partial charge is 0.484 e. The fourth-order valence-corrected chi connectivity index (χ4v) is 1.88. The molecule has 0 aliphatic carbocycles. The molecule has 0 radical (unpaired) electrons. The highest BCUT2D eigenvalue weighted by molar-refractivity contribution is 7.08. The first kappa shape index (κ1) is 13.2. The Bertz CT molecular complexity index is 570. The zero-order chi connectivity index (χ0) is 13.5. The van der Waals surface area contributed by atoms with Crippen LogP contribution in [0.25, 0.3) is 0 Å². The summed E-state index contributed by atoms with van der Waals surface area (Å²) in [5, 5.41) is 7.59. The molecule has 1 amide bonds. The standard InChI is InChI=1S/C13H11FN2O2S/c14-11-2-1-3-12(6-11)18-8-13(17)16-15-7-10-4-5-19-9-10/h1-7,9H,8H2,(H,16,17)/b15-7-. The fourth-order valence-electron chi connectivity index (χ4n) is 1.27. The SMILES string of the molecule is O=C(COc1cccc(F)c1)N/N=C\c1ccsc1. The number of rotatable bonds is 5. The molecule has 19 heavy (non-hydrogen) atoms. The molecular weight excluding hydrogens is 267 g/mol. The highest BCUT2D eigenvalue weighted by Gasteiger charge is 2.01. The van der Waals surface area contributed by atoms with Crippen LogP contribution in [-0.4, -0.2) is 18.7 Å². The molecule has 0 bridgehead atoms. The van der Waals surface area contributed by atoms with E-state index >= 15 is 0 Å². The van der Waals surface area contributed by atoms with E-state index in [2.05, 4.69) is 10.5 Å². The minimum Gasteiger partial charge on any atom is -0.484 e. The summed E-state index contributed by atoms with van der Waals surface area (Å²) in [6.45, 7) is -0.218. The average molecular weight is 278 g/mol. The lowest BCUT2D eigenvalue weighted by Gasteiger charge is -2.04. The van der Waals surface area contributed by atoms with E-state index in [0.717, 1.165) is 5.56 Å². The molecule has 6 heteroatoms. The first-order valence-electron chi connectivity index (χ1n) is 5.46. The van der Waals surface area contributed by atoms with Crippen LogP contribution in [0.4, 0.5) is 4.39 Å². The lowest BCUT2D eigenvalue weighted by Crippen LogP contribution is -2.24. The third kappa shape index (κ3) is 4.51. The monoisotopic (exact) mass is 278 g/mol.